The van der Waals surface area contributed by atoms with Gasteiger partial charge in [0.25, 0.3) is 10.1 Å². The molecule has 0 unspecified atom stereocenters. The van der Waals surface area contributed by atoms with Crippen molar-refractivity contribution < 1.29 is 32.8 Å². The number of carboxylic acid groups (broad SMARTS) is 2. The Labute approximate surface area is 147 Å². The maximum Gasteiger partial charge on any atom is 0.337 e. The fraction of sp³-hybridized carbons (Fsp3) is 0. The number of rotatable bonds is 3. The second kappa shape index (κ2) is 7.61. The fourth-order valence-corrected chi connectivity index (χ4v) is 1.75. The number of carboxylic acids is 2. The molecular weight excluding hydrogens is 286 g/mol. The fourth-order valence-electron chi connectivity index (χ4n) is 1.05. The molecule has 1 rings (SSSR count). The van der Waals surface area contributed by atoms with Gasteiger partial charge in [-0.3, -0.25) is 4.55 Å². The van der Waals surface area contributed by atoms with Crippen LogP contribution in [0.2, 0.25) is 0 Å². The number of aromatic carboxylic acids is 2. The van der Waals surface area contributed by atoms with Crippen LogP contribution in [0.5, 0.6) is 0 Å². The first kappa shape index (κ1) is 20.4. The molecule has 1 aromatic rings. The molecule has 2 radical (unpaired) electrons. The minimum atomic E-state index is -4.78. The number of benzene rings is 1. The zero-order valence-electron chi connectivity index (χ0n) is 9.61. The second-order valence-electron chi connectivity index (χ2n) is 2.80. The van der Waals surface area contributed by atoms with Gasteiger partial charge in [0.1, 0.15) is 4.90 Å². The van der Waals surface area contributed by atoms with Crippen LogP contribution >= 0.6 is 0 Å². The van der Waals surface area contributed by atoms with Crippen molar-refractivity contribution >= 4 is 81.2 Å². The van der Waals surface area contributed by atoms with E-state index in [0.717, 1.165) is 12.1 Å². The third-order valence-electron chi connectivity index (χ3n) is 1.74. The molecule has 0 atom stereocenters. The van der Waals surface area contributed by atoms with Gasteiger partial charge in [-0.15, -0.1) is 0 Å². The van der Waals surface area contributed by atoms with Gasteiger partial charge in [-0.05, 0) is 18.2 Å². The first-order chi connectivity index (χ1) is 7.23. The van der Waals surface area contributed by atoms with Crippen LogP contribution in [0.1, 0.15) is 20.7 Å². The van der Waals surface area contributed by atoms with E-state index >= 15 is 0 Å². The van der Waals surface area contributed by atoms with Gasteiger partial charge in [0.05, 0.1) is 11.1 Å². The molecule has 88 valence electrons. The topological polar surface area (TPSA) is 129 Å². The molecule has 7 nitrogen and oxygen atoms in total. The molecule has 0 bridgehead atoms. The summed E-state index contributed by atoms with van der Waals surface area (Å²) < 4.78 is 30.4. The van der Waals surface area contributed by atoms with Crippen molar-refractivity contribution in [2.75, 3.05) is 0 Å². The summed E-state index contributed by atoms with van der Waals surface area (Å²) in [5, 5.41) is 17.2. The van der Waals surface area contributed by atoms with E-state index in [9.17, 15) is 18.0 Å². The Morgan fingerprint density at radius 1 is 1.00 bits per heavy atom. The Hall–Kier alpha value is 0.0700. The molecule has 0 aliphatic heterocycles. The summed E-state index contributed by atoms with van der Waals surface area (Å²) in [5.74, 6) is -3.01. The summed E-state index contributed by atoms with van der Waals surface area (Å²) in [4.78, 5) is 20.2. The summed E-state index contributed by atoms with van der Waals surface area (Å²) >= 11 is 0. The van der Waals surface area contributed by atoms with Crippen LogP contribution in [0.15, 0.2) is 23.1 Å². The van der Waals surface area contributed by atoms with Crippen LogP contribution in [0.4, 0.5) is 0 Å². The van der Waals surface area contributed by atoms with Gasteiger partial charge in [0, 0.05) is 59.1 Å². The second-order valence-corrected chi connectivity index (χ2v) is 4.19. The van der Waals surface area contributed by atoms with E-state index in [1.165, 1.54) is 0 Å². The summed E-state index contributed by atoms with van der Waals surface area (Å²) in [6.07, 6.45) is 0. The first-order valence-electron chi connectivity index (χ1n) is 3.81. The normalized spacial score (nSPS) is 9.83. The van der Waals surface area contributed by atoms with Crippen molar-refractivity contribution in [3.8, 4) is 0 Å². The van der Waals surface area contributed by atoms with E-state index in [2.05, 4.69) is 0 Å². The molecule has 0 aliphatic rings. The van der Waals surface area contributed by atoms with Crippen LogP contribution in [0, 0.1) is 0 Å². The van der Waals surface area contributed by atoms with E-state index in [-0.39, 0.29) is 59.1 Å². The van der Waals surface area contributed by atoms with Crippen LogP contribution in [0.25, 0.3) is 0 Å². The average molecular weight is 292 g/mol. The van der Waals surface area contributed by atoms with Gasteiger partial charge in [0.15, 0.2) is 0 Å². The summed E-state index contributed by atoms with van der Waals surface area (Å²) in [7, 11) is -4.78. The van der Waals surface area contributed by atoms with Gasteiger partial charge >= 0.3 is 11.9 Å². The number of carbonyl (C=O) groups is 2. The van der Waals surface area contributed by atoms with Crippen molar-refractivity contribution in [1.82, 2.24) is 0 Å². The van der Waals surface area contributed by atoms with Crippen LogP contribution in [0.3, 0.4) is 0 Å². The molecule has 10 heteroatoms. The van der Waals surface area contributed by atoms with E-state index in [4.69, 9.17) is 14.8 Å². The Morgan fingerprint density at radius 2 is 1.50 bits per heavy atom. The molecule has 0 fully saturated rings. The van der Waals surface area contributed by atoms with Gasteiger partial charge in [-0.25, -0.2) is 9.59 Å². The largest absolute Gasteiger partial charge is 0.478 e. The van der Waals surface area contributed by atoms with Crippen molar-refractivity contribution in [3.05, 3.63) is 29.3 Å². The van der Waals surface area contributed by atoms with Crippen LogP contribution in [-0.2, 0) is 10.1 Å². The molecule has 3 N–H and O–H groups in total. The monoisotopic (exact) mass is 292 g/mol. The SMILES string of the molecule is O=C(O)c1ccc(C(=O)O)c(S(=O)(=O)O)c1.[Na].[Na]. The number of hydrogen-bond acceptors (Lipinski definition) is 4. The predicted molar refractivity (Wildman–Crippen MR) is 61.7 cm³/mol. The van der Waals surface area contributed by atoms with Gasteiger partial charge in [-0.1, -0.05) is 0 Å². The zero-order valence-corrected chi connectivity index (χ0v) is 14.4. The van der Waals surface area contributed by atoms with E-state index in [0.29, 0.717) is 6.07 Å². The molecule has 18 heavy (non-hydrogen) atoms. The molecular formula is C8H6Na2O7S. The maximum absolute atomic E-state index is 10.8. The van der Waals surface area contributed by atoms with Crippen molar-refractivity contribution in [2.24, 2.45) is 0 Å². The molecule has 0 saturated carbocycles. The third kappa shape index (κ3) is 4.98. The third-order valence-corrected chi connectivity index (χ3v) is 2.63. The van der Waals surface area contributed by atoms with E-state index in [1.807, 2.05) is 0 Å². The molecule has 0 heterocycles. The predicted octanol–water partition coefficient (Wildman–Crippen LogP) is -0.432. The molecule has 0 spiro atoms. The molecule has 0 aromatic heterocycles. The maximum atomic E-state index is 10.8. The van der Waals surface area contributed by atoms with Crippen LogP contribution < -0.4 is 0 Å². The Balaban J connectivity index is 0. The molecule has 1 aromatic carbocycles. The first-order valence-corrected chi connectivity index (χ1v) is 5.25. The summed E-state index contributed by atoms with van der Waals surface area (Å²) in [6.45, 7) is 0. The van der Waals surface area contributed by atoms with Gasteiger partial charge in [0.2, 0.25) is 0 Å². The van der Waals surface area contributed by atoms with E-state index < -0.39 is 38.1 Å². The Bertz CT molecular complexity index is 567. The number of hydrogen-bond donors (Lipinski definition) is 3. The Morgan fingerprint density at radius 3 is 1.83 bits per heavy atom. The molecule has 0 aliphatic carbocycles. The van der Waals surface area contributed by atoms with Crippen LogP contribution in [-0.4, -0.2) is 94.2 Å². The minimum absolute atomic E-state index is 0. The summed E-state index contributed by atoms with van der Waals surface area (Å²) in [5.41, 5.74) is -1.12. The summed E-state index contributed by atoms with van der Waals surface area (Å²) in [6, 6.07) is 2.32. The zero-order chi connectivity index (χ0) is 12.5. The Kier molecular flexibility index (Phi) is 8.62. The van der Waals surface area contributed by atoms with Crippen molar-refractivity contribution in [3.63, 3.8) is 0 Å². The van der Waals surface area contributed by atoms with Gasteiger partial charge < -0.3 is 10.2 Å². The van der Waals surface area contributed by atoms with E-state index in [1.54, 1.807) is 0 Å². The van der Waals surface area contributed by atoms with Crippen molar-refractivity contribution in [1.29, 1.82) is 0 Å². The standard InChI is InChI=1S/C8H6O7S.2Na/c9-7(10)4-1-2-5(8(11)12)6(3-4)16(13,14)15;;/h1-3H,(H,9,10)(H,11,12)(H,13,14,15);;. The minimum Gasteiger partial charge on any atom is -0.478 e. The smallest absolute Gasteiger partial charge is 0.337 e. The molecule has 0 saturated heterocycles. The average Bonchev–Trinajstić information content (AvgIpc) is 2.15. The molecule has 0 amide bonds. The van der Waals surface area contributed by atoms with Crippen molar-refractivity contribution in [2.45, 2.75) is 4.90 Å². The quantitative estimate of drug-likeness (QED) is 0.509. The van der Waals surface area contributed by atoms with Gasteiger partial charge in [-0.2, -0.15) is 8.42 Å².